The van der Waals surface area contributed by atoms with Gasteiger partial charge in [0.05, 0.1) is 6.04 Å². The van der Waals surface area contributed by atoms with E-state index in [1.54, 1.807) is 6.07 Å². The summed E-state index contributed by atoms with van der Waals surface area (Å²) >= 11 is 0. The van der Waals surface area contributed by atoms with Gasteiger partial charge in [0.1, 0.15) is 5.82 Å². The van der Waals surface area contributed by atoms with Crippen molar-refractivity contribution in [2.24, 2.45) is 0 Å². The minimum absolute atomic E-state index is 0.00255. The highest BCUT2D eigenvalue weighted by Crippen LogP contribution is 2.32. The van der Waals surface area contributed by atoms with Crippen LogP contribution in [-0.2, 0) is 9.59 Å². The molecule has 1 heterocycles. The Balaban J connectivity index is 1.85. The molecular weight excluding hydrogens is 295 g/mol. The molecule has 4 nitrogen and oxygen atoms in total. The molecule has 2 amide bonds. The Morgan fingerprint density at radius 1 is 1.35 bits per heavy atom. The fraction of sp³-hybridized carbons (Fsp3) is 0.556. The van der Waals surface area contributed by atoms with Crippen molar-refractivity contribution in [3.63, 3.8) is 0 Å². The monoisotopic (exact) mass is 320 g/mol. The molecule has 1 N–H and O–H groups in total. The van der Waals surface area contributed by atoms with E-state index in [4.69, 9.17) is 0 Å². The van der Waals surface area contributed by atoms with E-state index in [0.717, 1.165) is 24.8 Å². The van der Waals surface area contributed by atoms with Gasteiger partial charge in [0.15, 0.2) is 0 Å². The van der Waals surface area contributed by atoms with Crippen molar-refractivity contribution >= 4 is 11.8 Å². The third-order valence-electron chi connectivity index (χ3n) is 4.17. The van der Waals surface area contributed by atoms with Gasteiger partial charge in [-0.15, -0.1) is 0 Å². The molecule has 0 saturated carbocycles. The molecule has 1 aliphatic heterocycles. The highest BCUT2D eigenvalue weighted by molar-refractivity contribution is 5.79. The number of halogens is 1. The molecule has 1 saturated heterocycles. The maximum Gasteiger partial charge on any atom is 0.223 e. The molecule has 5 heteroatoms. The zero-order chi connectivity index (χ0) is 16.7. The Hall–Kier alpha value is -1.91. The van der Waals surface area contributed by atoms with E-state index >= 15 is 0 Å². The second kappa shape index (κ2) is 8.65. The average Bonchev–Trinajstić information content (AvgIpc) is 3.02. The SMILES string of the molecule is CCCNC(=O)CCCC(=O)N1CCCC1c1cccc(F)c1. The first-order chi connectivity index (χ1) is 11.1. The molecule has 0 radical (unpaired) electrons. The van der Waals surface area contributed by atoms with Crippen LogP contribution in [0.5, 0.6) is 0 Å². The summed E-state index contributed by atoms with van der Waals surface area (Å²) in [5.41, 5.74) is 0.858. The van der Waals surface area contributed by atoms with Gasteiger partial charge in [-0.25, -0.2) is 4.39 Å². The summed E-state index contributed by atoms with van der Waals surface area (Å²) in [6.45, 7) is 3.40. The van der Waals surface area contributed by atoms with Crippen LogP contribution in [0.1, 0.15) is 57.1 Å². The van der Waals surface area contributed by atoms with Crippen LogP contribution < -0.4 is 5.32 Å². The van der Waals surface area contributed by atoms with E-state index in [0.29, 0.717) is 32.4 Å². The van der Waals surface area contributed by atoms with E-state index < -0.39 is 0 Å². The molecule has 1 unspecified atom stereocenters. The Labute approximate surface area is 137 Å². The predicted octanol–water partition coefficient (Wildman–Crippen LogP) is 3.19. The first kappa shape index (κ1) is 17.4. The maximum absolute atomic E-state index is 13.4. The molecule has 23 heavy (non-hydrogen) atoms. The summed E-state index contributed by atoms with van der Waals surface area (Å²) in [5.74, 6) is -0.211. The van der Waals surface area contributed by atoms with E-state index in [-0.39, 0.29) is 23.7 Å². The standard InChI is InChI=1S/C18H25FN2O2/c1-2-11-20-17(22)9-4-10-18(23)21-12-5-8-16(21)14-6-3-7-15(19)13-14/h3,6-7,13,16H,2,4-5,8-12H2,1H3,(H,20,22). The van der Waals surface area contributed by atoms with Crippen molar-refractivity contribution in [2.45, 2.75) is 51.5 Å². The number of benzene rings is 1. The van der Waals surface area contributed by atoms with Crippen LogP contribution in [0, 0.1) is 5.82 Å². The predicted molar refractivity (Wildman–Crippen MR) is 87.2 cm³/mol. The van der Waals surface area contributed by atoms with Crippen LogP contribution in [0.15, 0.2) is 24.3 Å². The van der Waals surface area contributed by atoms with Crippen LogP contribution in [0.2, 0.25) is 0 Å². The Kier molecular flexibility index (Phi) is 6.56. The van der Waals surface area contributed by atoms with E-state index in [9.17, 15) is 14.0 Å². The summed E-state index contributed by atoms with van der Waals surface area (Å²) in [6, 6.07) is 6.45. The first-order valence-electron chi connectivity index (χ1n) is 8.43. The van der Waals surface area contributed by atoms with Crippen LogP contribution in [0.4, 0.5) is 4.39 Å². The fourth-order valence-corrected chi connectivity index (χ4v) is 3.02. The van der Waals surface area contributed by atoms with Crippen molar-refractivity contribution in [1.29, 1.82) is 0 Å². The molecule has 0 aliphatic carbocycles. The molecule has 1 aromatic carbocycles. The molecule has 1 fully saturated rings. The Morgan fingerprint density at radius 2 is 2.17 bits per heavy atom. The number of carbonyl (C=O) groups excluding carboxylic acids is 2. The van der Waals surface area contributed by atoms with Gasteiger partial charge < -0.3 is 10.2 Å². The Bertz CT molecular complexity index is 548. The lowest BCUT2D eigenvalue weighted by molar-refractivity contribution is -0.132. The molecule has 2 rings (SSSR count). The normalized spacial score (nSPS) is 17.3. The van der Waals surface area contributed by atoms with Gasteiger partial charge in [0.2, 0.25) is 11.8 Å². The van der Waals surface area contributed by atoms with Crippen LogP contribution in [-0.4, -0.2) is 29.8 Å². The lowest BCUT2D eigenvalue weighted by Crippen LogP contribution is -2.31. The molecule has 0 spiro atoms. The zero-order valence-corrected chi connectivity index (χ0v) is 13.7. The van der Waals surface area contributed by atoms with Gasteiger partial charge in [-0.05, 0) is 43.4 Å². The summed E-state index contributed by atoms with van der Waals surface area (Å²) in [4.78, 5) is 25.8. The van der Waals surface area contributed by atoms with E-state index in [1.165, 1.54) is 12.1 Å². The first-order valence-corrected chi connectivity index (χ1v) is 8.43. The number of hydrogen-bond acceptors (Lipinski definition) is 2. The van der Waals surface area contributed by atoms with Crippen LogP contribution in [0.25, 0.3) is 0 Å². The van der Waals surface area contributed by atoms with Gasteiger partial charge in [-0.2, -0.15) is 0 Å². The summed E-state index contributed by atoms with van der Waals surface area (Å²) in [5, 5.41) is 2.81. The molecule has 0 aromatic heterocycles. The minimum Gasteiger partial charge on any atom is -0.356 e. The summed E-state index contributed by atoms with van der Waals surface area (Å²) in [7, 11) is 0. The molecule has 1 aromatic rings. The van der Waals surface area contributed by atoms with Gasteiger partial charge in [-0.1, -0.05) is 19.1 Å². The molecule has 1 atom stereocenters. The number of nitrogens with one attached hydrogen (secondary N) is 1. The smallest absolute Gasteiger partial charge is 0.223 e. The average molecular weight is 320 g/mol. The highest BCUT2D eigenvalue weighted by atomic mass is 19.1. The summed E-state index contributed by atoms with van der Waals surface area (Å²) in [6.07, 6.45) is 4.01. The minimum atomic E-state index is -0.269. The lowest BCUT2D eigenvalue weighted by atomic mass is 10.0. The quantitative estimate of drug-likeness (QED) is 0.839. The molecule has 1 aliphatic rings. The maximum atomic E-state index is 13.4. The number of likely N-dealkylation sites (tertiary alicyclic amines) is 1. The number of rotatable bonds is 7. The zero-order valence-electron chi connectivity index (χ0n) is 13.7. The third kappa shape index (κ3) is 5.05. The van der Waals surface area contributed by atoms with Gasteiger partial charge in [-0.3, -0.25) is 9.59 Å². The Morgan fingerprint density at radius 3 is 2.91 bits per heavy atom. The number of hydrogen-bond donors (Lipinski definition) is 1. The van der Waals surface area contributed by atoms with Gasteiger partial charge >= 0.3 is 0 Å². The van der Waals surface area contributed by atoms with E-state index in [2.05, 4.69) is 5.32 Å². The number of carbonyl (C=O) groups is 2. The molecular formula is C18H25FN2O2. The molecule has 126 valence electrons. The van der Waals surface area contributed by atoms with Crippen molar-refractivity contribution in [1.82, 2.24) is 10.2 Å². The van der Waals surface area contributed by atoms with Crippen molar-refractivity contribution in [3.05, 3.63) is 35.6 Å². The largest absolute Gasteiger partial charge is 0.356 e. The van der Waals surface area contributed by atoms with Crippen molar-refractivity contribution in [2.75, 3.05) is 13.1 Å². The number of amides is 2. The third-order valence-corrected chi connectivity index (χ3v) is 4.17. The second-order valence-corrected chi connectivity index (χ2v) is 6.00. The highest BCUT2D eigenvalue weighted by Gasteiger charge is 2.29. The second-order valence-electron chi connectivity index (χ2n) is 6.00. The fourth-order valence-electron chi connectivity index (χ4n) is 3.02. The van der Waals surface area contributed by atoms with Crippen LogP contribution in [0.3, 0.4) is 0 Å². The van der Waals surface area contributed by atoms with Crippen molar-refractivity contribution < 1.29 is 14.0 Å². The van der Waals surface area contributed by atoms with Gasteiger partial charge in [0.25, 0.3) is 0 Å². The van der Waals surface area contributed by atoms with E-state index in [1.807, 2.05) is 17.9 Å². The van der Waals surface area contributed by atoms with Crippen LogP contribution >= 0.6 is 0 Å². The molecule has 0 bridgehead atoms. The summed E-state index contributed by atoms with van der Waals surface area (Å²) < 4.78 is 13.4. The number of nitrogens with zero attached hydrogens (tertiary/aromatic N) is 1. The topological polar surface area (TPSA) is 49.4 Å². The van der Waals surface area contributed by atoms with Crippen molar-refractivity contribution in [3.8, 4) is 0 Å². The lowest BCUT2D eigenvalue weighted by Gasteiger charge is -2.25. The van der Waals surface area contributed by atoms with Gasteiger partial charge in [0, 0.05) is 25.9 Å².